The quantitative estimate of drug-likeness (QED) is 0.750. The van der Waals surface area contributed by atoms with E-state index in [9.17, 15) is 13.6 Å². The van der Waals surface area contributed by atoms with E-state index in [2.05, 4.69) is 10.6 Å². The molecule has 1 aliphatic rings. The molecule has 0 spiro atoms. The number of anilines is 1. The van der Waals surface area contributed by atoms with Crippen LogP contribution in [-0.2, 0) is 4.79 Å². The zero-order valence-electron chi connectivity index (χ0n) is 8.51. The van der Waals surface area contributed by atoms with E-state index in [1.54, 1.807) is 7.05 Å². The summed E-state index contributed by atoms with van der Waals surface area (Å²) in [6.07, 6.45) is 0. The van der Waals surface area contributed by atoms with Crippen molar-refractivity contribution in [2.75, 3.05) is 19.0 Å². The molecule has 0 bridgehead atoms. The number of carbonyl (C=O) groups excluding carboxylic acids is 1. The van der Waals surface area contributed by atoms with Gasteiger partial charge in [-0.25, -0.2) is 8.78 Å². The summed E-state index contributed by atoms with van der Waals surface area (Å²) in [5.74, 6) is -2.00. The summed E-state index contributed by atoms with van der Waals surface area (Å²) in [5, 5.41) is 5.06. The molecular formula is C10H10F2N2O2. The standard InChI is InChI=1S/C10H10F2N2O2/c1-13-7-4-16-8-3-5(11)2-6(12)9(8)14-10(7)15/h2-3,7,13H,4H2,1H3,(H,14,15). The van der Waals surface area contributed by atoms with Gasteiger partial charge in [-0.1, -0.05) is 0 Å². The largest absolute Gasteiger partial charge is 0.489 e. The molecule has 4 nitrogen and oxygen atoms in total. The third-order valence-electron chi connectivity index (χ3n) is 2.34. The molecule has 86 valence electrons. The predicted octanol–water partition coefficient (Wildman–Crippen LogP) is 0.884. The van der Waals surface area contributed by atoms with Gasteiger partial charge in [-0.2, -0.15) is 0 Å². The Balaban J connectivity index is 2.40. The molecular weight excluding hydrogens is 218 g/mol. The minimum Gasteiger partial charge on any atom is -0.489 e. The van der Waals surface area contributed by atoms with Gasteiger partial charge in [0.1, 0.15) is 29.9 Å². The lowest BCUT2D eigenvalue weighted by atomic mass is 10.2. The van der Waals surface area contributed by atoms with E-state index in [0.29, 0.717) is 6.07 Å². The average molecular weight is 228 g/mol. The Morgan fingerprint density at radius 1 is 1.50 bits per heavy atom. The van der Waals surface area contributed by atoms with Crippen molar-refractivity contribution in [3.05, 3.63) is 23.8 Å². The van der Waals surface area contributed by atoms with Crippen LogP contribution in [0.15, 0.2) is 12.1 Å². The highest BCUT2D eigenvalue weighted by Gasteiger charge is 2.25. The molecule has 2 N–H and O–H groups in total. The Labute approximate surface area is 90.6 Å². The van der Waals surface area contributed by atoms with Crippen molar-refractivity contribution in [1.82, 2.24) is 5.32 Å². The fourth-order valence-electron chi connectivity index (χ4n) is 1.46. The molecule has 1 aliphatic heterocycles. The van der Waals surface area contributed by atoms with E-state index in [4.69, 9.17) is 4.74 Å². The van der Waals surface area contributed by atoms with Gasteiger partial charge < -0.3 is 15.4 Å². The Kier molecular flexibility index (Phi) is 2.74. The molecule has 1 aromatic rings. The molecule has 0 saturated carbocycles. The topological polar surface area (TPSA) is 50.4 Å². The normalized spacial score (nSPS) is 19.4. The first kappa shape index (κ1) is 10.8. The smallest absolute Gasteiger partial charge is 0.245 e. The van der Waals surface area contributed by atoms with Gasteiger partial charge in [0.05, 0.1) is 0 Å². The molecule has 1 atom stereocenters. The molecule has 6 heteroatoms. The maximum absolute atomic E-state index is 13.4. The summed E-state index contributed by atoms with van der Waals surface area (Å²) in [4.78, 5) is 11.5. The van der Waals surface area contributed by atoms with Crippen molar-refractivity contribution in [1.29, 1.82) is 0 Å². The first-order chi connectivity index (χ1) is 7.61. The number of hydrogen-bond acceptors (Lipinski definition) is 3. The molecule has 0 fully saturated rings. The van der Waals surface area contributed by atoms with E-state index < -0.39 is 23.6 Å². The number of benzene rings is 1. The first-order valence-corrected chi connectivity index (χ1v) is 4.72. The number of hydrogen-bond donors (Lipinski definition) is 2. The van der Waals surface area contributed by atoms with Crippen LogP contribution in [0, 0.1) is 11.6 Å². The Bertz CT molecular complexity index is 437. The van der Waals surface area contributed by atoms with E-state index >= 15 is 0 Å². The molecule has 0 radical (unpaired) electrons. The predicted molar refractivity (Wildman–Crippen MR) is 53.3 cm³/mol. The van der Waals surface area contributed by atoms with Crippen LogP contribution in [0.4, 0.5) is 14.5 Å². The third-order valence-corrected chi connectivity index (χ3v) is 2.34. The molecule has 0 aliphatic carbocycles. The van der Waals surface area contributed by atoms with Crippen molar-refractivity contribution in [3.63, 3.8) is 0 Å². The van der Waals surface area contributed by atoms with E-state index in [1.807, 2.05) is 0 Å². The lowest BCUT2D eigenvalue weighted by Gasteiger charge is -2.10. The van der Waals surface area contributed by atoms with E-state index in [-0.39, 0.29) is 18.0 Å². The van der Waals surface area contributed by atoms with Crippen molar-refractivity contribution < 1.29 is 18.3 Å². The fraction of sp³-hybridized carbons (Fsp3) is 0.300. The minimum atomic E-state index is -0.847. The molecule has 1 amide bonds. The summed E-state index contributed by atoms with van der Waals surface area (Å²) in [6.45, 7) is 0.0260. The highest BCUT2D eigenvalue weighted by molar-refractivity contribution is 5.97. The zero-order chi connectivity index (χ0) is 11.7. The highest BCUT2D eigenvalue weighted by atomic mass is 19.1. The molecule has 2 rings (SSSR count). The highest BCUT2D eigenvalue weighted by Crippen LogP contribution is 2.30. The number of amides is 1. The summed E-state index contributed by atoms with van der Waals surface area (Å²) >= 11 is 0. The Morgan fingerprint density at radius 2 is 2.25 bits per heavy atom. The lowest BCUT2D eigenvalue weighted by molar-refractivity contribution is -0.118. The maximum atomic E-state index is 13.4. The summed E-state index contributed by atoms with van der Waals surface area (Å²) in [5.41, 5.74) is -0.121. The molecule has 1 unspecified atom stereocenters. The van der Waals surface area contributed by atoms with Gasteiger partial charge in [-0.15, -0.1) is 0 Å². The number of nitrogens with one attached hydrogen (secondary N) is 2. The Hall–Kier alpha value is -1.69. The van der Waals surface area contributed by atoms with Crippen LogP contribution in [0.2, 0.25) is 0 Å². The third kappa shape index (κ3) is 1.83. The van der Waals surface area contributed by atoms with Gasteiger partial charge in [0.2, 0.25) is 5.91 Å². The summed E-state index contributed by atoms with van der Waals surface area (Å²) in [7, 11) is 1.58. The average Bonchev–Trinajstić information content (AvgIpc) is 2.38. The summed E-state index contributed by atoms with van der Waals surface area (Å²) < 4.78 is 31.4. The number of fused-ring (bicyclic) bond motifs is 1. The molecule has 1 aromatic carbocycles. The fourth-order valence-corrected chi connectivity index (χ4v) is 1.46. The Morgan fingerprint density at radius 3 is 2.94 bits per heavy atom. The van der Waals surface area contributed by atoms with Crippen molar-refractivity contribution in [2.24, 2.45) is 0 Å². The van der Waals surface area contributed by atoms with Crippen LogP contribution in [0.5, 0.6) is 5.75 Å². The second-order valence-corrected chi connectivity index (χ2v) is 3.40. The number of likely N-dealkylation sites (N-methyl/N-ethyl adjacent to an activating group) is 1. The molecule has 0 saturated heterocycles. The van der Waals surface area contributed by atoms with Crippen LogP contribution in [0.25, 0.3) is 0 Å². The monoisotopic (exact) mass is 228 g/mol. The number of halogens is 2. The number of ether oxygens (including phenoxy) is 1. The second kappa shape index (κ2) is 4.05. The van der Waals surface area contributed by atoms with Gasteiger partial charge in [-0.3, -0.25) is 4.79 Å². The molecule has 0 aromatic heterocycles. The lowest BCUT2D eigenvalue weighted by Crippen LogP contribution is -2.41. The van der Waals surface area contributed by atoms with E-state index in [1.165, 1.54) is 0 Å². The maximum Gasteiger partial charge on any atom is 0.245 e. The van der Waals surface area contributed by atoms with Gasteiger partial charge in [0.25, 0.3) is 0 Å². The summed E-state index contributed by atoms with van der Waals surface area (Å²) in [6, 6.07) is 1.15. The minimum absolute atomic E-state index is 0.00333. The first-order valence-electron chi connectivity index (χ1n) is 4.72. The van der Waals surface area contributed by atoms with Crippen LogP contribution < -0.4 is 15.4 Å². The molecule has 16 heavy (non-hydrogen) atoms. The van der Waals surface area contributed by atoms with Gasteiger partial charge in [0, 0.05) is 12.1 Å². The van der Waals surface area contributed by atoms with Crippen LogP contribution in [0.3, 0.4) is 0 Å². The molecule has 1 heterocycles. The van der Waals surface area contributed by atoms with Crippen molar-refractivity contribution in [2.45, 2.75) is 6.04 Å². The van der Waals surface area contributed by atoms with Gasteiger partial charge >= 0.3 is 0 Å². The number of carbonyl (C=O) groups is 1. The van der Waals surface area contributed by atoms with Gasteiger partial charge in [0.15, 0.2) is 5.82 Å². The van der Waals surface area contributed by atoms with Gasteiger partial charge in [-0.05, 0) is 7.05 Å². The van der Waals surface area contributed by atoms with Crippen LogP contribution >= 0.6 is 0 Å². The van der Waals surface area contributed by atoms with Crippen LogP contribution in [-0.4, -0.2) is 25.6 Å². The van der Waals surface area contributed by atoms with Crippen molar-refractivity contribution in [3.8, 4) is 5.75 Å². The SMILES string of the molecule is CNC1COc2cc(F)cc(F)c2NC1=O. The van der Waals surface area contributed by atoms with Crippen LogP contribution in [0.1, 0.15) is 0 Å². The zero-order valence-corrected chi connectivity index (χ0v) is 8.51. The second-order valence-electron chi connectivity index (χ2n) is 3.40. The van der Waals surface area contributed by atoms with E-state index in [0.717, 1.165) is 6.07 Å². The van der Waals surface area contributed by atoms with Crippen molar-refractivity contribution >= 4 is 11.6 Å². The number of rotatable bonds is 1.